The first kappa shape index (κ1) is 22.3. The molecular weight excluding hydrogens is 400 g/mol. The molecule has 1 heterocycles. The Hall–Kier alpha value is -2.38. The summed E-state index contributed by atoms with van der Waals surface area (Å²) in [6.07, 6.45) is 1.32. The molecule has 1 amide bonds. The van der Waals surface area contributed by atoms with Crippen molar-refractivity contribution in [1.82, 2.24) is 9.62 Å². The third-order valence-electron chi connectivity index (χ3n) is 5.54. The number of ether oxygens (including phenoxy) is 1. The number of benzene rings is 2. The van der Waals surface area contributed by atoms with Gasteiger partial charge < -0.3 is 10.1 Å². The van der Waals surface area contributed by atoms with Gasteiger partial charge in [-0.25, -0.2) is 8.42 Å². The Morgan fingerprint density at radius 2 is 1.93 bits per heavy atom. The number of sulfonamides is 1. The molecular formula is C23H30N2O4S. The fourth-order valence-electron chi connectivity index (χ4n) is 3.70. The zero-order chi connectivity index (χ0) is 21.7. The molecule has 30 heavy (non-hydrogen) atoms. The minimum absolute atomic E-state index is 0.110. The molecule has 3 rings (SSSR count). The van der Waals surface area contributed by atoms with Gasteiger partial charge in [-0.1, -0.05) is 50.2 Å². The lowest BCUT2D eigenvalue weighted by molar-refractivity contribution is -0.126. The molecule has 6 nitrogen and oxygen atoms in total. The fraction of sp³-hybridized carbons (Fsp3) is 0.435. The van der Waals surface area contributed by atoms with Gasteiger partial charge in [0.15, 0.2) is 0 Å². The van der Waals surface area contributed by atoms with Crippen molar-refractivity contribution < 1.29 is 17.9 Å². The van der Waals surface area contributed by atoms with E-state index in [0.29, 0.717) is 31.7 Å². The Kier molecular flexibility index (Phi) is 7.15. The van der Waals surface area contributed by atoms with E-state index in [1.807, 2.05) is 50.2 Å². The van der Waals surface area contributed by atoms with Crippen LogP contribution in [0.5, 0.6) is 5.75 Å². The van der Waals surface area contributed by atoms with Gasteiger partial charge in [0, 0.05) is 19.6 Å². The van der Waals surface area contributed by atoms with Crippen LogP contribution in [0.3, 0.4) is 0 Å². The topological polar surface area (TPSA) is 75.7 Å². The zero-order valence-corrected chi connectivity index (χ0v) is 18.6. The summed E-state index contributed by atoms with van der Waals surface area (Å²) in [5.74, 6) is 0.0518. The third kappa shape index (κ3) is 5.02. The van der Waals surface area contributed by atoms with Crippen LogP contribution in [-0.4, -0.2) is 38.8 Å². The molecule has 1 saturated heterocycles. The summed E-state index contributed by atoms with van der Waals surface area (Å²) in [4.78, 5) is 12.9. The standard InChI is InChI=1S/C23H30N2O4S/c1-17(2)19-11-12-21(29-3)22(14-19)30(27,28)25-13-7-10-20(16-25)23(26)24-15-18-8-5-4-6-9-18/h4-6,8-9,11-12,14,17,20H,7,10,13,15-16H2,1-3H3,(H,24,26)/t20-/m0/s1. The predicted molar refractivity (Wildman–Crippen MR) is 117 cm³/mol. The number of hydrogen-bond acceptors (Lipinski definition) is 4. The highest BCUT2D eigenvalue weighted by Gasteiger charge is 2.35. The first-order valence-electron chi connectivity index (χ1n) is 10.3. The van der Waals surface area contributed by atoms with E-state index >= 15 is 0 Å². The molecule has 0 saturated carbocycles. The quantitative estimate of drug-likeness (QED) is 0.729. The van der Waals surface area contributed by atoms with Crippen molar-refractivity contribution in [3.8, 4) is 5.75 Å². The number of methoxy groups -OCH3 is 1. The van der Waals surface area contributed by atoms with Crippen molar-refractivity contribution in [1.29, 1.82) is 0 Å². The monoisotopic (exact) mass is 430 g/mol. The van der Waals surface area contributed by atoms with Crippen molar-refractivity contribution >= 4 is 15.9 Å². The van der Waals surface area contributed by atoms with Gasteiger partial charge in [-0.2, -0.15) is 4.31 Å². The Labute approximate surface area is 179 Å². The normalized spacial score (nSPS) is 17.7. The maximum absolute atomic E-state index is 13.4. The largest absolute Gasteiger partial charge is 0.495 e. The van der Waals surface area contributed by atoms with Crippen LogP contribution in [0.25, 0.3) is 0 Å². The van der Waals surface area contributed by atoms with Crippen LogP contribution in [-0.2, 0) is 21.4 Å². The molecule has 1 fully saturated rings. The van der Waals surface area contributed by atoms with Crippen molar-refractivity contribution in [2.24, 2.45) is 5.92 Å². The summed E-state index contributed by atoms with van der Waals surface area (Å²) in [5.41, 5.74) is 1.95. The number of carbonyl (C=O) groups is 1. The molecule has 0 aromatic heterocycles. The van der Waals surface area contributed by atoms with Gasteiger partial charge >= 0.3 is 0 Å². The van der Waals surface area contributed by atoms with Crippen molar-refractivity contribution in [2.75, 3.05) is 20.2 Å². The van der Waals surface area contributed by atoms with Crippen molar-refractivity contribution in [3.63, 3.8) is 0 Å². The van der Waals surface area contributed by atoms with Crippen LogP contribution in [0.15, 0.2) is 53.4 Å². The number of amides is 1. The van der Waals surface area contributed by atoms with Gasteiger partial charge in [-0.05, 0) is 42.0 Å². The molecule has 162 valence electrons. The van der Waals surface area contributed by atoms with Crippen LogP contribution in [0.4, 0.5) is 0 Å². The molecule has 2 aromatic rings. The maximum atomic E-state index is 13.4. The third-order valence-corrected chi connectivity index (χ3v) is 7.42. The van der Waals surface area contributed by atoms with Crippen LogP contribution < -0.4 is 10.1 Å². The highest BCUT2D eigenvalue weighted by atomic mass is 32.2. The maximum Gasteiger partial charge on any atom is 0.246 e. The molecule has 1 aliphatic heterocycles. The van der Waals surface area contributed by atoms with E-state index in [-0.39, 0.29) is 29.2 Å². The molecule has 0 radical (unpaired) electrons. The average Bonchev–Trinajstić information content (AvgIpc) is 2.77. The van der Waals surface area contributed by atoms with Gasteiger partial charge in [-0.15, -0.1) is 0 Å². The second-order valence-electron chi connectivity index (χ2n) is 7.97. The summed E-state index contributed by atoms with van der Waals surface area (Å²) < 4.78 is 33.6. The predicted octanol–water partition coefficient (Wildman–Crippen LogP) is 3.54. The van der Waals surface area contributed by atoms with Crippen molar-refractivity contribution in [2.45, 2.75) is 44.0 Å². The van der Waals surface area contributed by atoms with E-state index in [1.165, 1.54) is 11.4 Å². The fourth-order valence-corrected chi connectivity index (χ4v) is 5.41. The van der Waals surface area contributed by atoms with Crippen LogP contribution >= 0.6 is 0 Å². The Morgan fingerprint density at radius 3 is 2.60 bits per heavy atom. The number of nitrogens with zero attached hydrogens (tertiary/aromatic N) is 1. The Morgan fingerprint density at radius 1 is 1.20 bits per heavy atom. The van der Waals surface area contributed by atoms with Crippen LogP contribution in [0.2, 0.25) is 0 Å². The zero-order valence-electron chi connectivity index (χ0n) is 17.8. The summed E-state index contributed by atoms with van der Waals surface area (Å²) in [6.45, 7) is 5.06. The van der Waals surface area contributed by atoms with Gasteiger partial charge in [-0.3, -0.25) is 4.79 Å². The average molecular weight is 431 g/mol. The minimum atomic E-state index is -3.77. The number of hydrogen-bond donors (Lipinski definition) is 1. The molecule has 1 aliphatic rings. The first-order valence-corrected chi connectivity index (χ1v) is 11.8. The summed E-state index contributed by atoms with van der Waals surface area (Å²) in [5, 5.41) is 2.94. The van der Waals surface area contributed by atoms with Gasteiger partial charge in [0.05, 0.1) is 13.0 Å². The SMILES string of the molecule is COc1ccc(C(C)C)cc1S(=O)(=O)N1CCC[C@H](C(=O)NCc2ccccc2)C1. The molecule has 0 unspecified atom stereocenters. The number of nitrogens with one attached hydrogen (secondary N) is 1. The van der Waals surface area contributed by atoms with E-state index in [2.05, 4.69) is 5.32 Å². The molecule has 1 atom stereocenters. The van der Waals surface area contributed by atoms with Crippen LogP contribution in [0, 0.1) is 5.92 Å². The van der Waals surface area contributed by atoms with E-state index in [1.54, 1.807) is 12.1 Å². The molecule has 1 N–H and O–H groups in total. The Bertz CT molecular complexity index is 974. The highest BCUT2D eigenvalue weighted by molar-refractivity contribution is 7.89. The summed E-state index contributed by atoms with van der Waals surface area (Å²) in [6, 6.07) is 15.0. The number of carbonyl (C=O) groups excluding carboxylic acids is 1. The van der Waals surface area contributed by atoms with Crippen molar-refractivity contribution in [3.05, 3.63) is 59.7 Å². The first-order chi connectivity index (χ1) is 14.3. The van der Waals surface area contributed by atoms with E-state index in [0.717, 1.165) is 11.1 Å². The second-order valence-corrected chi connectivity index (χ2v) is 9.88. The lowest BCUT2D eigenvalue weighted by Crippen LogP contribution is -2.45. The van der Waals surface area contributed by atoms with Gasteiger partial charge in [0.2, 0.25) is 15.9 Å². The lowest BCUT2D eigenvalue weighted by atomic mass is 9.99. The van der Waals surface area contributed by atoms with Gasteiger partial charge in [0.25, 0.3) is 0 Å². The summed E-state index contributed by atoms with van der Waals surface area (Å²) >= 11 is 0. The van der Waals surface area contributed by atoms with Gasteiger partial charge in [0.1, 0.15) is 10.6 Å². The number of rotatable bonds is 7. The minimum Gasteiger partial charge on any atom is -0.495 e. The molecule has 0 spiro atoms. The summed E-state index contributed by atoms with van der Waals surface area (Å²) in [7, 11) is -2.29. The Balaban J connectivity index is 1.75. The highest BCUT2D eigenvalue weighted by Crippen LogP contribution is 2.32. The molecule has 2 aromatic carbocycles. The van der Waals surface area contributed by atoms with E-state index < -0.39 is 10.0 Å². The van der Waals surface area contributed by atoms with E-state index in [9.17, 15) is 13.2 Å². The van der Waals surface area contributed by atoms with Crippen LogP contribution in [0.1, 0.15) is 43.7 Å². The number of piperidine rings is 1. The smallest absolute Gasteiger partial charge is 0.246 e. The van der Waals surface area contributed by atoms with E-state index in [4.69, 9.17) is 4.74 Å². The second kappa shape index (κ2) is 9.62. The molecule has 0 aliphatic carbocycles. The molecule has 0 bridgehead atoms. The molecule has 7 heteroatoms. The lowest BCUT2D eigenvalue weighted by Gasteiger charge is -2.31.